The maximum absolute atomic E-state index is 10.6. The molecule has 0 radical (unpaired) electrons. The number of pyridine rings is 1. The molecule has 1 N–H and O–H groups in total. The Bertz CT molecular complexity index is 725. The first kappa shape index (κ1) is 12.6. The van der Waals surface area contributed by atoms with Crippen molar-refractivity contribution < 1.29 is 9.84 Å². The number of hydrogen-bond donors (Lipinski definition) is 1. The zero-order valence-corrected chi connectivity index (χ0v) is 11.2. The normalized spacial score (nSPS) is 12.3. The monoisotopic (exact) mass is 265 g/mol. The number of aliphatic hydroxyl groups excluding tert-OH is 1. The number of fused-ring (bicyclic) bond motifs is 1. The average molecular weight is 265 g/mol. The molecule has 0 saturated carbocycles. The summed E-state index contributed by atoms with van der Waals surface area (Å²) in [6.07, 6.45) is 1.05. The van der Waals surface area contributed by atoms with Crippen LogP contribution in [0.2, 0.25) is 0 Å². The maximum atomic E-state index is 10.6. The predicted octanol–water partition coefficient (Wildman–Crippen LogP) is 3.33. The van der Waals surface area contributed by atoms with Gasteiger partial charge in [-0.05, 0) is 35.4 Å². The van der Waals surface area contributed by atoms with E-state index in [-0.39, 0.29) is 0 Å². The van der Waals surface area contributed by atoms with E-state index in [4.69, 9.17) is 4.74 Å². The van der Waals surface area contributed by atoms with Gasteiger partial charge < -0.3 is 9.84 Å². The molecule has 1 heterocycles. The molecule has 1 aromatic heterocycles. The molecule has 3 aromatic rings. The third kappa shape index (κ3) is 2.24. The molecule has 0 amide bonds. The summed E-state index contributed by atoms with van der Waals surface area (Å²) in [7, 11) is 1.63. The second-order valence-electron chi connectivity index (χ2n) is 4.60. The van der Waals surface area contributed by atoms with E-state index in [9.17, 15) is 5.11 Å². The largest absolute Gasteiger partial charge is 0.497 e. The lowest BCUT2D eigenvalue weighted by molar-refractivity contribution is 0.222. The van der Waals surface area contributed by atoms with Gasteiger partial charge in [0.2, 0.25) is 0 Å². The van der Waals surface area contributed by atoms with Crippen LogP contribution in [0.25, 0.3) is 10.9 Å². The van der Waals surface area contributed by atoms with Crippen molar-refractivity contribution in [1.29, 1.82) is 0 Å². The Morgan fingerprint density at radius 1 is 1.05 bits per heavy atom. The van der Waals surface area contributed by atoms with E-state index in [1.807, 2.05) is 54.6 Å². The van der Waals surface area contributed by atoms with Gasteiger partial charge in [0.1, 0.15) is 11.9 Å². The van der Waals surface area contributed by atoms with Crippen molar-refractivity contribution in [3.63, 3.8) is 0 Å². The molecule has 0 fully saturated rings. The zero-order chi connectivity index (χ0) is 13.9. The Morgan fingerprint density at radius 2 is 1.85 bits per heavy atom. The van der Waals surface area contributed by atoms with Crippen LogP contribution in [0, 0.1) is 0 Å². The minimum absolute atomic E-state index is 0.672. The first-order chi connectivity index (χ1) is 9.79. The lowest BCUT2D eigenvalue weighted by atomic mass is 9.98. The topological polar surface area (TPSA) is 42.4 Å². The lowest BCUT2D eigenvalue weighted by Crippen LogP contribution is -2.01. The molecule has 2 aromatic carbocycles. The van der Waals surface area contributed by atoms with E-state index in [1.54, 1.807) is 13.3 Å². The van der Waals surface area contributed by atoms with E-state index < -0.39 is 6.10 Å². The average Bonchev–Trinajstić information content (AvgIpc) is 2.54. The van der Waals surface area contributed by atoms with E-state index in [2.05, 4.69) is 4.98 Å². The highest BCUT2D eigenvalue weighted by molar-refractivity contribution is 5.84. The predicted molar refractivity (Wildman–Crippen MR) is 78.8 cm³/mol. The minimum atomic E-state index is -0.672. The van der Waals surface area contributed by atoms with Crippen LogP contribution in [0.1, 0.15) is 17.2 Å². The summed E-state index contributed by atoms with van der Waals surface area (Å²) in [4.78, 5) is 4.33. The molecule has 3 heteroatoms. The van der Waals surface area contributed by atoms with Gasteiger partial charge in [-0.3, -0.25) is 4.98 Å². The summed E-state index contributed by atoms with van der Waals surface area (Å²) in [5.41, 5.74) is 2.54. The van der Waals surface area contributed by atoms with E-state index in [0.29, 0.717) is 0 Å². The molecular weight excluding hydrogens is 250 g/mol. The quantitative estimate of drug-likeness (QED) is 0.790. The summed E-state index contributed by atoms with van der Waals surface area (Å²) in [6, 6.07) is 17.1. The molecule has 0 aliphatic carbocycles. The van der Waals surface area contributed by atoms with Crippen LogP contribution < -0.4 is 4.74 Å². The Labute approximate surface area is 117 Å². The fourth-order valence-electron chi connectivity index (χ4n) is 2.33. The van der Waals surface area contributed by atoms with Crippen LogP contribution in [-0.2, 0) is 0 Å². The van der Waals surface area contributed by atoms with Gasteiger partial charge in [0, 0.05) is 11.6 Å². The Balaban J connectivity index is 2.15. The molecule has 0 spiro atoms. The zero-order valence-electron chi connectivity index (χ0n) is 11.2. The summed E-state index contributed by atoms with van der Waals surface area (Å²) in [5, 5.41) is 11.5. The van der Waals surface area contributed by atoms with E-state index in [1.165, 1.54) is 0 Å². The standard InChI is InChI=1S/C17H15NO2/c1-20-13-7-8-16-15(11-13)14(9-10-18-16)17(19)12-5-3-2-4-6-12/h2-11,17,19H,1H3. The molecule has 3 rings (SSSR count). The third-order valence-electron chi connectivity index (χ3n) is 3.39. The fourth-order valence-corrected chi connectivity index (χ4v) is 2.33. The summed E-state index contributed by atoms with van der Waals surface area (Å²) < 4.78 is 5.25. The number of benzene rings is 2. The van der Waals surface area contributed by atoms with Crippen molar-refractivity contribution in [2.24, 2.45) is 0 Å². The number of aliphatic hydroxyl groups is 1. The molecular formula is C17H15NO2. The smallest absolute Gasteiger partial charge is 0.119 e. The maximum Gasteiger partial charge on any atom is 0.119 e. The van der Waals surface area contributed by atoms with Gasteiger partial charge in [-0.25, -0.2) is 0 Å². The molecule has 0 aliphatic rings. The van der Waals surface area contributed by atoms with Crippen molar-refractivity contribution in [1.82, 2.24) is 4.98 Å². The van der Waals surface area contributed by atoms with E-state index in [0.717, 1.165) is 27.8 Å². The second kappa shape index (κ2) is 5.31. The summed E-state index contributed by atoms with van der Waals surface area (Å²) in [6.45, 7) is 0. The molecule has 0 aliphatic heterocycles. The van der Waals surface area contributed by atoms with Crippen molar-refractivity contribution in [3.8, 4) is 5.75 Å². The van der Waals surface area contributed by atoms with Gasteiger partial charge in [-0.2, -0.15) is 0 Å². The third-order valence-corrected chi connectivity index (χ3v) is 3.39. The first-order valence-corrected chi connectivity index (χ1v) is 6.45. The number of methoxy groups -OCH3 is 1. The first-order valence-electron chi connectivity index (χ1n) is 6.45. The van der Waals surface area contributed by atoms with Crippen molar-refractivity contribution in [2.45, 2.75) is 6.10 Å². The second-order valence-corrected chi connectivity index (χ2v) is 4.60. The number of rotatable bonds is 3. The Kier molecular flexibility index (Phi) is 3.35. The molecule has 20 heavy (non-hydrogen) atoms. The van der Waals surface area contributed by atoms with E-state index >= 15 is 0 Å². The van der Waals surface area contributed by atoms with Crippen LogP contribution >= 0.6 is 0 Å². The number of ether oxygens (including phenoxy) is 1. The molecule has 1 unspecified atom stereocenters. The van der Waals surface area contributed by atoms with Gasteiger partial charge in [0.15, 0.2) is 0 Å². The number of nitrogens with zero attached hydrogens (tertiary/aromatic N) is 1. The van der Waals surface area contributed by atoms with Crippen LogP contribution in [0.4, 0.5) is 0 Å². The highest BCUT2D eigenvalue weighted by Gasteiger charge is 2.14. The van der Waals surface area contributed by atoms with Gasteiger partial charge in [0.05, 0.1) is 12.6 Å². The van der Waals surface area contributed by atoms with Gasteiger partial charge >= 0.3 is 0 Å². The van der Waals surface area contributed by atoms with Gasteiger partial charge in [-0.1, -0.05) is 30.3 Å². The van der Waals surface area contributed by atoms with Crippen LogP contribution in [-0.4, -0.2) is 17.2 Å². The van der Waals surface area contributed by atoms with Crippen LogP contribution in [0.5, 0.6) is 5.75 Å². The highest BCUT2D eigenvalue weighted by Crippen LogP contribution is 2.29. The van der Waals surface area contributed by atoms with Gasteiger partial charge in [-0.15, -0.1) is 0 Å². The fraction of sp³-hybridized carbons (Fsp3) is 0.118. The summed E-state index contributed by atoms with van der Waals surface area (Å²) >= 11 is 0. The lowest BCUT2D eigenvalue weighted by Gasteiger charge is -2.14. The Morgan fingerprint density at radius 3 is 2.60 bits per heavy atom. The van der Waals surface area contributed by atoms with Gasteiger partial charge in [0.25, 0.3) is 0 Å². The van der Waals surface area contributed by atoms with Crippen molar-refractivity contribution in [3.05, 3.63) is 71.9 Å². The minimum Gasteiger partial charge on any atom is -0.497 e. The highest BCUT2D eigenvalue weighted by atomic mass is 16.5. The molecule has 0 bridgehead atoms. The number of aromatic nitrogens is 1. The Hall–Kier alpha value is -2.39. The molecule has 0 saturated heterocycles. The molecule has 1 atom stereocenters. The van der Waals surface area contributed by atoms with Crippen molar-refractivity contribution >= 4 is 10.9 Å². The molecule has 100 valence electrons. The summed E-state index contributed by atoms with van der Waals surface area (Å²) in [5.74, 6) is 0.756. The molecule has 3 nitrogen and oxygen atoms in total. The van der Waals surface area contributed by atoms with Crippen LogP contribution in [0.3, 0.4) is 0 Å². The number of hydrogen-bond acceptors (Lipinski definition) is 3. The van der Waals surface area contributed by atoms with Crippen LogP contribution in [0.15, 0.2) is 60.8 Å². The van der Waals surface area contributed by atoms with Crippen molar-refractivity contribution in [2.75, 3.05) is 7.11 Å². The SMILES string of the molecule is COc1ccc2nccc(C(O)c3ccccc3)c2c1.